The second-order valence-corrected chi connectivity index (χ2v) is 6.47. The number of rotatable bonds is 6. The van der Waals surface area contributed by atoms with Crippen LogP contribution in [0, 0.1) is 0 Å². The summed E-state index contributed by atoms with van der Waals surface area (Å²) in [6.45, 7) is 8.62. The molecule has 4 heteroatoms. The quantitative estimate of drug-likeness (QED) is 0.840. The Kier molecular flexibility index (Phi) is 5.42. The third-order valence-electron chi connectivity index (χ3n) is 3.03. The first-order chi connectivity index (χ1) is 9.17. The normalized spacial score (nSPS) is 14.8. The van der Waals surface area contributed by atoms with E-state index in [2.05, 4.69) is 26.1 Å². The molecular formula is C16H27NO3. The summed E-state index contributed by atoms with van der Waals surface area (Å²) in [5, 5.41) is 13.8. The van der Waals surface area contributed by atoms with Crippen LogP contribution >= 0.6 is 0 Å². The second-order valence-electron chi connectivity index (χ2n) is 6.47. The highest BCUT2D eigenvalue weighted by molar-refractivity contribution is 5.43. The fourth-order valence-corrected chi connectivity index (χ4v) is 1.95. The first-order valence-corrected chi connectivity index (χ1v) is 6.85. The summed E-state index contributed by atoms with van der Waals surface area (Å²) in [7, 11) is 3.22. The molecule has 1 aromatic rings. The van der Waals surface area contributed by atoms with E-state index in [1.54, 1.807) is 14.2 Å². The van der Waals surface area contributed by atoms with E-state index in [4.69, 9.17) is 9.47 Å². The average Bonchev–Trinajstić information content (AvgIpc) is 2.35. The number of β-amino-alcohol motifs (C(OH)–C–C–N with tert-alkyl or cyclic N) is 1. The van der Waals surface area contributed by atoms with Crippen LogP contribution in [0.4, 0.5) is 0 Å². The zero-order valence-electron chi connectivity index (χ0n) is 13.4. The van der Waals surface area contributed by atoms with Crippen LogP contribution < -0.4 is 14.8 Å². The highest BCUT2D eigenvalue weighted by Crippen LogP contribution is 2.29. The first-order valence-electron chi connectivity index (χ1n) is 6.85. The molecule has 0 aromatic heterocycles. The molecule has 0 aliphatic carbocycles. The molecule has 0 bridgehead atoms. The second kappa shape index (κ2) is 6.46. The molecule has 1 atom stereocenters. The average molecular weight is 281 g/mol. The fraction of sp³-hybridized carbons (Fsp3) is 0.625. The molecule has 2 N–H and O–H groups in total. The van der Waals surface area contributed by atoms with Gasteiger partial charge in [0.15, 0.2) is 11.5 Å². The molecule has 0 aliphatic rings. The van der Waals surface area contributed by atoms with Crippen molar-refractivity contribution in [2.75, 3.05) is 20.8 Å². The van der Waals surface area contributed by atoms with Crippen LogP contribution in [0.25, 0.3) is 0 Å². The summed E-state index contributed by atoms with van der Waals surface area (Å²) in [6.07, 6.45) is 0.552. The Balaban J connectivity index is 2.76. The van der Waals surface area contributed by atoms with Crippen LogP contribution in [0.2, 0.25) is 0 Å². The lowest BCUT2D eigenvalue weighted by Gasteiger charge is -2.29. The van der Waals surface area contributed by atoms with E-state index in [9.17, 15) is 5.11 Å². The molecule has 4 nitrogen and oxygen atoms in total. The van der Waals surface area contributed by atoms with Crippen molar-refractivity contribution in [2.24, 2.45) is 0 Å². The van der Waals surface area contributed by atoms with E-state index in [0.717, 1.165) is 5.56 Å². The lowest BCUT2D eigenvalue weighted by atomic mass is 9.95. The van der Waals surface area contributed by atoms with Gasteiger partial charge in [-0.2, -0.15) is 0 Å². The Morgan fingerprint density at radius 2 is 1.65 bits per heavy atom. The Hall–Kier alpha value is -1.26. The van der Waals surface area contributed by atoms with Crippen molar-refractivity contribution >= 4 is 0 Å². The SMILES string of the molecule is COc1ccc(CC(C)(O)CNC(C)(C)C)cc1OC. The van der Waals surface area contributed by atoms with E-state index in [1.165, 1.54) is 0 Å². The number of methoxy groups -OCH3 is 2. The Morgan fingerprint density at radius 3 is 2.15 bits per heavy atom. The van der Waals surface area contributed by atoms with Crippen LogP contribution in [0.3, 0.4) is 0 Å². The highest BCUT2D eigenvalue weighted by Gasteiger charge is 2.24. The summed E-state index contributed by atoms with van der Waals surface area (Å²) in [5.74, 6) is 1.38. The van der Waals surface area contributed by atoms with Gasteiger partial charge >= 0.3 is 0 Å². The number of ether oxygens (including phenoxy) is 2. The molecule has 1 unspecified atom stereocenters. The van der Waals surface area contributed by atoms with Crippen LogP contribution in [0.5, 0.6) is 11.5 Å². The minimum absolute atomic E-state index is 0.0123. The summed E-state index contributed by atoms with van der Waals surface area (Å²) < 4.78 is 10.5. The summed E-state index contributed by atoms with van der Waals surface area (Å²) in [6, 6.07) is 5.72. The maximum Gasteiger partial charge on any atom is 0.160 e. The lowest BCUT2D eigenvalue weighted by molar-refractivity contribution is 0.0534. The topological polar surface area (TPSA) is 50.7 Å². The Morgan fingerprint density at radius 1 is 1.05 bits per heavy atom. The molecule has 1 aromatic carbocycles. The standard InChI is InChI=1S/C16H27NO3/c1-15(2,3)17-11-16(4,18)10-12-7-8-13(19-5)14(9-12)20-6/h7-9,17-18H,10-11H2,1-6H3. The van der Waals surface area contributed by atoms with Gasteiger partial charge in [-0.05, 0) is 45.4 Å². The summed E-state index contributed by atoms with van der Waals surface area (Å²) in [5.41, 5.74) is 0.192. The predicted molar refractivity (Wildman–Crippen MR) is 81.6 cm³/mol. The van der Waals surface area contributed by atoms with Crippen molar-refractivity contribution in [1.29, 1.82) is 0 Å². The third kappa shape index (κ3) is 5.39. The number of benzene rings is 1. The zero-order chi connectivity index (χ0) is 15.4. The van der Waals surface area contributed by atoms with Crippen molar-refractivity contribution in [1.82, 2.24) is 5.32 Å². The van der Waals surface area contributed by atoms with Gasteiger partial charge in [-0.15, -0.1) is 0 Å². The van der Waals surface area contributed by atoms with Gasteiger partial charge in [0.25, 0.3) is 0 Å². The van der Waals surface area contributed by atoms with Gasteiger partial charge in [0.2, 0.25) is 0 Å². The minimum Gasteiger partial charge on any atom is -0.493 e. The molecule has 0 saturated heterocycles. The number of hydrogen-bond donors (Lipinski definition) is 2. The van der Waals surface area contributed by atoms with Crippen LogP contribution in [-0.2, 0) is 6.42 Å². The van der Waals surface area contributed by atoms with Gasteiger partial charge in [-0.1, -0.05) is 6.07 Å². The molecule has 0 radical (unpaired) electrons. The van der Waals surface area contributed by atoms with Crippen molar-refractivity contribution < 1.29 is 14.6 Å². The molecule has 0 spiro atoms. The maximum absolute atomic E-state index is 10.5. The van der Waals surface area contributed by atoms with Gasteiger partial charge < -0.3 is 19.9 Å². The highest BCUT2D eigenvalue weighted by atomic mass is 16.5. The van der Waals surface area contributed by atoms with Crippen LogP contribution in [0.15, 0.2) is 18.2 Å². The zero-order valence-corrected chi connectivity index (χ0v) is 13.4. The monoisotopic (exact) mass is 281 g/mol. The maximum atomic E-state index is 10.5. The van der Waals surface area contributed by atoms with Gasteiger partial charge in [-0.3, -0.25) is 0 Å². The molecule has 0 heterocycles. The number of aliphatic hydroxyl groups is 1. The van der Waals surface area contributed by atoms with Crippen LogP contribution in [0.1, 0.15) is 33.3 Å². The van der Waals surface area contributed by atoms with Crippen LogP contribution in [-0.4, -0.2) is 37.0 Å². The van der Waals surface area contributed by atoms with Crippen molar-refractivity contribution in [3.8, 4) is 11.5 Å². The molecule has 0 amide bonds. The number of nitrogens with one attached hydrogen (secondary N) is 1. The van der Waals surface area contributed by atoms with Crippen molar-refractivity contribution in [2.45, 2.75) is 45.3 Å². The number of hydrogen-bond acceptors (Lipinski definition) is 4. The van der Waals surface area contributed by atoms with E-state index in [-0.39, 0.29) is 5.54 Å². The first kappa shape index (κ1) is 16.8. The van der Waals surface area contributed by atoms with E-state index in [1.807, 2.05) is 25.1 Å². The van der Waals surface area contributed by atoms with E-state index >= 15 is 0 Å². The molecule has 114 valence electrons. The molecular weight excluding hydrogens is 254 g/mol. The van der Waals surface area contributed by atoms with Gasteiger partial charge in [-0.25, -0.2) is 0 Å². The minimum atomic E-state index is -0.813. The molecule has 0 saturated carbocycles. The Labute approximate surface area is 122 Å². The van der Waals surface area contributed by atoms with Gasteiger partial charge in [0.05, 0.1) is 19.8 Å². The van der Waals surface area contributed by atoms with E-state index in [0.29, 0.717) is 24.5 Å². The van der Waals surface area contributed by atoms with Crippen molar-refractivity contribution in [3.05, 3.63) is 23.8 Å². The fourth-order valence-electron chi connectivity index (χ4n) is 1.95. The summed E-state index contributed by atoms with van der Waals surface area (Å²) >= 11 is 0. The largest absolute Gasteiger partial charge is 0.493 e. The summed E-state index contributed by atoms with van der Waals surface area (Å²) in [4.78, 5) is 0. The molecule has 1 rings (SSSR count). The predicted octanol–water partition coefficient (Wildman–Crippen LogP) is 2.39. The molecule has 0 fully saturated rings. The smallest absolute Gasteiger partial charge is 0.160 e. The van der Waals surface area contributed by atoms with Gasteiger partial charge in [0, 0.05) is 18.5 Å². The lowest BCUT2D eigenvalue weighted by Crippen LogP contribution is -2.47. The van der Waals surface area contributed by atoms with E-state index < -0.39 is 5.60 Å². The van der Waals surface area contributed by atoms with Crippen molar-refractivity contribution in [3.63, 3.8) is 0 Å². The third-order valence-corrected chi connectivity index (χ3v) is 3.03. The molecule has 0 aliphatic heterocycles. The Bertz CT molecular complexity index is 436. The molecule has 20 heavy (non-hydrogen) atoms. The van der Waals surface area contributed by atoms with Gasteiger partial charge in [0.1, 0.15) is 0 Å².